The lowest BCUT2D eigenvalue weighted by Crippen LogP contribution is -2.42. The molecule has 2 amide bonds. The molecule has 2 N–H and O–H groups in total. The number of urea groups is 1. The molecular formula is C20H18BrN3O3. The Balaban J connectivity index is 1.29. The highest BCUT2D eigenvalue weighted by Gasteiger charge is 2.24. The molecule has 6 nitrogen and oxygen atoms in total. The van der Waals surface area contributed by atoms with Crippen molar-refractivity contribution < 1.29 is 14.3 Å². The lowest BCUT2D eigenvalue weighted by molar-refractivity contribution is 0.174. The summed E-state index contributed by atoms with van der Waals surface area (Å²) in [5, 5.41) is 4.19. The van der Waals surface area contributed by atoms with Crippen molar-refractivity contribution in [2.45, 2.75) is 19.5 Å². The third kappa shape index (κ3) is 2.92. The smallest absolute Gasteiger partial charge is 0.317 e. The average molecular weight is 428 g/mol. The van der Waals surface area contributed by atoms with Crippen molar-refractivity contribution in [1.29, 1.82) is 0 Å². The maximum absolute atomic E-state index is 12.7. The van der Waals surface area contributed by atoms with Gasteiger partial charge < -0.3 is 24.7 Å². The van der Waals surface area contributed by atoms with Gasteiger partial charge in [0.15, 0.2) is 11.5 Å². The van der Waals surface area contributed by atoms with E-state index in [0.29, 0.717) is 19.6 Å². The van der Waals surface area contributed by atoms with Crippen LogP contribution in [0.25, 0.3) is 10.9 Å². The summed E-state index contributed by atoms with van der Waals surface area (Å²) >= 11 is 3.60. The minimum absolute atomic E-state index is 0.0531. The Labute approximate surface area is 164 Å². The van der Waals surface area contributed by atoms with E-state index in [9.17, 15) is 4.79 Å². The van der Waals surface area contributed by atoms with Gasteiger partial charge in [-0.05, 0) is 39.7 Å². The standard InChI is InChI=1S/C20H18BrN3O3/c21-15-3-1-2-13-14-10-24(7-6-16(14)23-19(13)15)20(25)22-9-12-4-5-17-18(8-12)27-11-26-17/h1-5,8,23H,6-7,9-11H2,(H,22,25). The van der Waals surface area contributed by atoms with E-state index >= 15 is 0 Å². The monoisotopic (exact) mass is 427 g/mol. The van der Waals surface area contributed by atoms with Gasteiger partial charge in [0.25, 0.3) is 0 Å². The predicted octanol–water partition coefficient (Wildman–Crippen LogP) is 3.93. The number of amides is 2. The van der Waals surface area contributed by atoms with Gasteiger partial charge in [-0.1, -0.05) is 18.2 Å². The van der Waals surface area contributed by atoms with E-state index in [-0.39, 0.29) is 12.8 Å². The molecule has 138 valence electrons. The van der Waals surface area contributed by atoms with E-state index in [2.05, 4.69) is 32.3 Å². The molecule has 0 aliphatic carbocycles. The van der Waals surface area contributed by atoms with Gasteiger partial charge in [0, 0.05) is 47.2 Å². The number of benzene rings is 2. The summed E-state index contributed by atoms with van der Waals surface area (Å²) in [6, 6.07) is 11.8. The number of aromatic amines is 1. The molecule has 0 unspecified atom stereocenters. The van der Waals surface area contributed by atoms with Crippen LogP contribution < -0.4 is 14.8 Å². The van der Waals surface area contributed by atoms with Crippen LogP contribution in [0.3, 0.4) is 0 Å². The summed E-state index contributed by atoms with van der Waals surface area (Å²) in [5.74, 6) is 1.48. The minimum atomic E-state index is -0.0531. The Morgan fingerprint density at radius 2 is 2.11 bits per heavy atom. The summed E-state index contributed by atoms with van der Waals surface area (Å²) in [7, 11) is 0. The Kier molecular flexibility index (Phi) is 3.97. The molecule has 0 atom stereocenters. The van der Waals surface area contributed by atoms with Gasteiger partial charge in [-0.2, -0.15) is 0 Å². The van der Waals surface area contributed by atoms with Gasteiger partial charge in [-0.15, -0.1) is 0 Å². The van der Waals surface area contributed by atoms with E-state index in [1.165, 1.54) is 16.6 Å². The van der Waals surface area contributed by atoms with E-state index in [1.807, 2.05) is 35.2 Å². The first kappa shape index (κ1) is 16.5. The van der Waals surface area contributed by atoms with Crippen LogP contribution in [-0.4, -0.2) is 29.3 Å². The zero-order chi connectivity index (χ0) is 18.4. The molecule has 3 aromatic rings. The second-order valence-electron chi connectivity index (χ2n) is 6.76. The highest BCUT2D eigenvalue weighted by Crippen LogP contribution is 2.33. The fourth-order valence-electron chi connectivity index (χ4n) is 3.72. The van der Waals surface area contributed by atoms with Gasteiger partial charge in [-0.3, -0.25) is 0 Å². The molecule has 5 rings (SSSR count). The van der Waals surface area contributed by atoms with Crippen LogP contribution in [0, 0.1) is 0 Å². The van der Waals surface area contributed by atoms with Crippen LogP contribution in [0.5, 0.6) is 11.5 Å². The highest BCUT2D eigenvalue weighted by atomic mass is 79.9. The number of H-pyrrole nitrogens is 1. The van der Waals surface area contributed by atoms with Crippen LogP contribution in [0.2, 0.25) is 0 Å². The van der Waals surface area contributed by atoms with Gasteiger partial charge in [-0.25, -0.2) is 4.79 Å². The minimum Gasteiger partial charge on any atom is -0.454 e. The number of nitrogens with one attached hydrogen (secondary N) is 2. The molecule has 0 radical (unpaired) electrons. The molecule has 3 heterocycles. The topological polar surface area (TPSA) is 66.6 Å². The van der Waals surface area contributed by atoms with E-state index in [4.69, 9.17) is 9.47 Å². The first-order valence-electron chi connectivity index (χ1n) is 8.88. The van der Waals surface area contributed by atoms with Crippen LogP contribution >= 0.6 is 15.9 Å². The number of fused-ring (bicyclic) bond motifs is 4. The number of ether oxygens (including phenoxy) is 2. The molecule has 7 heteroatoms. The fraction of sp³-hybridized carbons (Fsp3) is 0.250. The molecule has 0 spiro atoms. The zero-order valence-corrected chi connectivity index (χ0v) is 16.1. The Hall–Kier alpha value is -2.67. The number of aromatic nitrogens is 1. The van der Waals surface area contributed by atoms with Crippen molar-refractivity contribution in [3.8, 4) is 11.5 Å². The number of halogens is 1. The molecule has 1 aromatic heterocycles. The SMILES string of the molecule is O=C(NCc1ccc2c(c1)OCO2)N1CCc2[nH]c3c(Br)cccc3c2C1. The van der Waals surface area contributed by atoms with Gasteiger partial charge in [0.05, 0.1) is 5.52 Å². The number of nitrogens with zero attached hydrogens (tertiary/aromatic N) is 1. The molecule has 0 fully saturated rings. The third-order valence-corrected chi connectivity index (χ3v) is 5.79. The number of hydrogen-bond donors (Lipinski definition) is 2. The number of para-hydroxylation sites is 1. The third-order valence-electron chi connectivity index (χ3n) is 5.13. The van der Waals surface area contributed by atoms with Crippen LogP contribution in [0.4, 0.5) is 4.79 Å². The van der Waals surface area contributed by atoms with Crippen molar-refractivity contribution >= 4 is 32.9 Å². The van der Waals surface area contributed by atoms with Crippen molar-refractivity contribution in [1.82, 2.24) is 15.2 Å². The molecule has 2 aromatic carbocycles. The molecule has 27 heavy (non-hydrogen) atoms. The van der Waals surface area contributed by atoms with Crippen LogP contribution in [0.1, 0.15) is 16.8 Å². The summed E-state index contributed by atoms with van der Waals surface area (Å²) in [6.45, 7) is 2.02. The molecule has 0 saturated carbocycles. The summed E-state index contributed by atoms with van der Waals surface area (Å²) < 4.78 is 11.8. The summed E-state index contributed by atoms with van der Waals surface area (Å²) in [5.41, 5.74) is 4.51. The Morgan fingerprint density at radius 3 is 3.04 bits per heavy atom. The quantitative estimate of drug-likeness (QED) is 0.650. The molecule has 0 saturated heterocycles. The van der Waals surface area contributed by atoms with E-state index in [1.54, 1.807) is 0 Å². The van der Waals surface area contributed by atoms with Crippen molar-refractivity contribution in [3.05, 3.63) is 57.7 Å². The number of hydrogen-bond acceptors (Lipinski definition) is 3. The number of rotatable bonds is 2. The van der Waals surface area contributed by atoms with Crippen molar-refractivity contribution in [2.75, 3.05) is 13.3 Å². The number of carbonyl (C=O) groups excluding carboxylic acids is 1. The Morgan fingerprint density at radius 1 is 1.22 bits per heavy atom. The van der Waals surface area contributed by atoms with Crippen LogP contribution in [0.15, 0.2) is 40.9 Å². The molecule has 2 aliphatic rings. The largest absolute Gasteiger partial charge is 0.454 e. The molecule has 2 aliphatic heterocycles. The summed E-state index contributed by atoms with van der Waals surface area (Å²) in [6.07, 6.45) is 0.827. The van der Waals surface area contributed by atoms with Gasteiger partial charge in [0.2, 0.25) is 6.79 Å². The van der Waals surface area contributed by atoms with Crippen LogP contribution in [-0.2, 0) is 19.5 Å². The first-order chi connectivity index (χ1) is 13.2. The second-order valence-corrected chi connectivity index (χ2v) is 7.62. The average Bonchev–Trinajstić information content (AvgIpc) is 3.30. The first-order valence-corrected chi connectivity index (χ1v) is 9.67. The Bertz CT molecular complexity index is 1050. The molecular weight excluding hydrogens is 410 g/mol. The second kappa shape index (κ2) is 6.49. The maximum atomic E-state index is 12.7. The predicted molar refractivity (Wildman–Crippen MR) is 105 cm³/mol. The van der Waals surface area contributed by atoms with Crippen molar-refractivity contribution in [2.24, 2.45) is 0 Å². The zero-order valence-electron chi connectivity index (χ0n) is 14.5. The van der Waals surface area contributed by atoms with E-state index < -0.39 is 0 Å². The maximum Gasteiger partial charge on any atom is 0.317 e. The fourth-order valence-corrected chi connectivity index (χ4v) is 4.18. The normalized spacial score (nSPS) is 15.1. The molecule has 0 bridgehead atoms. The lowest BCUT2D eigenvalue weighted by atomic mass is 10.0. The van der Waals surface area contributed by atoms with Gasteiger partial charge in [0.1, 0.15) is 0 Å². The highest BCUT2D eigenvalue weighted by molar-refractivity contribution is 9.10. The van der Waals surface area contributed by atoms with E-state index in [0.717, 1.165) is 33.5 Å². The van der Waals surface area contributed by atoms with Gasteiger partial charge >= 0.3 is 6.03 Å². The lowest BCUT2D eigenvalue weighted by Gasteiger charge is -2.27. The number of carbonyl (C=O) groups is 1. The summed E-state index contributed by atoms with van der Waals surface area (Å²) in [4.78, 5) is 18.0. The van der Waals surface area contributed by atoms with Crippen molar-refractivity contribution in [3.63, 3.8) is 0 Å².